The van der Waals surface area contributed by atoms with Crippen molar-refractivity contribution in [3.63, 3.8) is 0 Å². The minimum Gasteiger partial charge on any atom is -0.369 e. The highest BCUT2D eigenvalue weighted by Gasteiger charge is 2.15. The van der Waals surface area contributed by atoms with Gasteiger partial charge in [-0.25, -0.2) is 8.42 Å². The van der Waals surface area contributed by atoms with Crippen molar-refractivity contribution < 1.29 is 8.42 Å². The summed E-state index contributed by atoms with van der Waals surface area (Å²) in [5, 5.41) is 11.2. The Morgan fingerprint density at radius 2 is 1.57 bits per heavy atom. The zero-order chi connectivity index (χ0) is 20.0. The van der Waals surface area contributed by atoms with E-state index in [4.69, 9.17) is 0 Å². The summed E-state index contributed by atoms with van der Waals surface area (Å²) in [6.07, 6.45) is 1.95. The van der Waals surface area contributed by atoms with Gasteiger partial charge in [0.1, 0.15) is 5.82 Å². The molecule has 0 atom stereocenters. The number of anilines is 2. The van der Waals surface area contributed by atoms with Crippen LogP contribution >= 0.6 is 0 Å². The van der Waals surface area contributed by atoms with E-state index in [0.29, 0.717) is 5.82 Å². The van der Waals surface area contributed by atoms with E-state index in [1.165, 1.54) is 5.56 Å². The summed E-state index contributed by atoms with van der Waals surface area (Å²) in [5.41, 5.74) is 3.26. The molecule has 0 saturated carbocycles. The van der Waals surface area contributed by atoms with Gasteiger partial charge in [0, 0.05) is 6.54 Å². The van der Waals surface area contributed by atoms with Gasteiger partial charge < -0.3 is 5.32 Å². The molecule has 28 heavy (non-hydrogen) atoms. The molecule has 0 radical (unpaired) electrons. The van der Waals surface area contributed by atoms with Gasteiger partial charge >= 0.3 is 0 Å². The van der Waals surface area contributed by atoms with E-state index >= 15 is 0 Å². The van der Waals surface area contributed by atoms with Crippen LogP contribution in [0.25, 0.3) is 0 Å². The molecule has 0 aliphatic carbocycles. The quantitative estimate of drug-likeness (QED) is 0.564. The second kappa shape index (κ2) is 8.84. The fourth-order valence-corrected chi connectivity index (χ4v) is 3.79. The summed E-state index contributed by atoms with van der Waals surface area (Å²) in [5.74, 6) is 0.801. The van der Waals surface area contributed by atoms with Crippen molar-refractivity contribution in [2.24, 2.45) is 0 Å². The molecule has 146 valence electrons. The minimum absolute atomic E-state index is 0.188. The van der Waals surface area contributed by atoms with Crippen LogP contribution < -0.4 is 10.0 Å². The molecule has 0 fully saturated rings. The van der Waals surface area contributed by atoms with Crippen molar-refractivity contribution >= 4 is 21.7 Å². The molecule has 0 unspecified atom stereocenters. The summed E-state index contributed by atoms with van der Waals surface area (Å²) in [7, 11) is -3.69. The van der Waals surface area contributed by atoms with Crippen molar-refractivity contribution in [2.75, 3.05) is 16.6 Å². The molecule has 0 amide bonds. The largest absolute Gasteiger partial charge is 0.369 e. The third-order valence-electron chi connectivity index (χ3n) is 4.48. The topological polar surface area (TPSA) is 84.0 Å². The Bertz CT molecular complexity index is 1020. The SMILES string of the molecule is Cc1ccc(S(=O)(=O)Nc2ccc(NCCCc3ccccc3)nn2)cc1C. The van der Waals surface area contributed by atoms with Gasteiger partial charge in [-0.3, -0.25) is 4.72 Å². The van der Waals surface area contributed by atoms with Gasteiger partial charge in [-0.15, -0.1) is 10.2 Å². The zero-order valence-electron chi connectivity index (χ0n) is 16.0. The molecule has 2 N–H and O–H groups in total. The van der Waals surface area contributed by atoms with Crippen molar-refractivity contribution in [1.29, 1.82) is 0 Å². The predicted octanol–water partition coefficient (Wildman–Crippen LogP) is 3.94. The lowest BCUT2D eigenvalue weighted by molar-refractivity contribution is 0.601. The molecule has 0 saturated heterocycles. The lowest BCUT2D eigenvalue weighted by Crippen LogP contribution is -2.15. The second-order valence-electron chi connectivity index (χ2n) is 6.67. The Hall–Kier alpha value is -2.93. The van der Waals surface area contributed by atoms with E-state index < -0.39 is 10.0 Å². The van der Waals surface area contributed by atoms with Crippen LogP contribution in [0, 0.1) is 13.8 Å². The Balaban J connectivity index is 1.54. The standard InChI is InChI=1S/C21H24N4O2S/c1-16-10-11-19(15-17(16)2)28(26,27)25-21-13-12-20(23-24-21)22-14-6-9-18-7-4-3-5-8-18/h3-5,7-8,10-13,15H,6,9,14H2,1-2H3,(H,22,23)(H,24,25). The van der Waals surface area contributed by atoms with Gasteiger partial charge in [0.2, 0.25) is 0 Å². The van der Waals surface area contributed by atoms with Crippen molar-refractivity contribution in [1.82, 2.24) is 10.2 Å². The maximum absolute atomic E-state index is 12.5. The highest BCUT2D eigenvalue weighted by Crippen LogP contribution is 2.18. The summed E-state index contributed by atoms with van der Waals surface area (Å²) in [4.78, 5) is 0.209. The number of sulfonamides is 1. The van der Waals surface area contributed by atoms with Crippen LogP contribution in [-0.4, -0.2) is 25.2 Å². The van der Waals surface area contributed by atoms with E-state index in [1.807, 2.05) is 32.0 Å². The van der Waals surface area contributed by atoms with E-state index in [1.54, 1.807) is 30.3 Å². The first-order valence-electron chi connectivity index (χ1n) is 9.16. The van der Waals surface area contributed by atoms with Crippen molar-refractivity contribution in [3.05, 3.63) is 77.4 Å². The molecule has 0 spiro atoms. The third-order valence-corrected chi connectivity index (χ3v) is 5.84. The predicted molar refractivity (Wildman–Crippen MR) is 112 cm³/mol. The molecular weight excluding hydrogens is 372 g/mol. The van der Waals surface area contributed by atoms with Crippen LogP contribution in [0.2, 0.25) is 0 Å². The Morgan fingerprint density at radius 1 is 0.857 bits per heavy atom. The monoisotopic (exact) mass is 396 g/mol. The summed E-state index contributed by atoms with van der Waals surface area (Å²) >= 11 is 0. The first-order valence-corrected chi connectivity index (χ1v) is 10.6. The van der Waals surface area contributed by atoms with Crippen LogP contribution in [0.1, 0.15) is 23.1 Å². The number of hydrogen-bond donors (Lipinski definition) is 2. The number of rotatable bonds is 8. The highest BCUT2D eigenvalue weighted by molar-refractivity contribution is 7.92. The van der Waals surface area contributed by atoms with E-state index in [-0.39, 0.29) is 10.7 Å². The second-order valence-corrected chi connectivity index (χ2v) is 8.35. The molecule has 0 bridgehead atoms. The average Bonchev–Trinajstić information content (AvgIpc) is 2.69. The van der Waals surface area contributed by atoms with E-state index in [0.717, 1.165) is 30.5 Å². The average molecular weight is 397 g/mol. The molecule has 6 nitrogen and oxygen atoms in total. The van der Waals surface area contributed by atoms with E-state index in [2.05, 4.69) is 32.4 Å². The molecule has 2 aromatic carbocycles. The fraction of sp³-hybridized carbons (Fsp3) is 0.238. The molecule has 3 rings (SSSR count). The molecule has 3 aromatic rings. The van der Waals surface area contributed by atoms with E-state index in [9.17, 15) is 8.42 Å². The molecular formula is C21H24N4O2S. The zero-order valence-corrected chi connectivity index (χ0v) is 16.8. The highest BCUT2D eigenvalue weighted by atomic mass is 32.2. The van der Waals surface area contributed by atoms with Crippen LogP contribution in [-0.2, 0) is 16.4 Å². The first kappa shape index (κ1) is 19.8. The van der Waals surface area contributed by atoms with Crippen LogP contribution in [0.4, 0.5) is 11.6 Å². The van der Waals surface area contributed by atoms with Crippen molar-refractivity contribution in [2.45, 2.75) is 31.6 Å². The Morgan fingerprint density at radius 3 is 2.25 bits per heavy atom. The molecule has 1 heterocycles. The number of aryl methyl sites for hydroxylation is 3. The lowest BCUT2D eigenvalue weighted by Gasteiger charge is -2.09. The number of benzene rings is 2. The summed E-state index contributed by atoms with van der Waals surface area (Å²) < 4.78 is 27.5. The van der Waals surface area contributed by atoms with Crippen molar-refractivity contribution in [3.8, 4) is 0 Å². The summed E-state index contributed by atoms with van der Waals surface area (Å²) in [6.45, 7) is 4.58. The lowest BCUT2D eigenvalue weighted by atomic mass is 10.1. The molecule has 0 aliphatic heterocycles. The number of hydrogen-bond acceptors (Lipinski definition) is 5. The van der Waals surface area contributed by atoms with Crippen LogP contribution in [0.15, 0.2) is 65.6 Å². The summed E-state index contributed by atoms with van der Waals surface area (Å²) in [6, 6.07) is 18.6. The smallest absolute Gasteiger partial charge is 0.263 e. The van der Waals surface area contributed by atoms with Gasteiger partial charge in [0.05, 0.1) is 4.90 Å². The normalized spacial score (nSPS) is 11.2. The molecule has 1 aromatic heterocycles. The van der Waals surface area contributed by atoms with Crippen LogP contribution in [0.5, 0.6) is 0 Å². The van der Waals surface area contributed by atoms with Gasteiger partial charge in [0.15, 0.2) is 5.82 Å². The van der Waals surface area contributed by atoms with Gasteiger partial charge in [-0.2, -0.15) is 0 Å². The molecule has 0 aliphatic rings. The molecule has 7 heteroatoms. The Kier molecular flexibility index (Phi) is 6.26. The maximum atomic E-state index is 12.5. The Labute approximate surface area is 166 Å². The van der Waals surface area contributed by atoms with Crippen LogP contribution in [0.3, 0.4) is 0 Å². The third kappa shape index (κ3) is 5.29. The fourth-order valence-electron chi connectivity index (χ4n) is 2.71. The number of nitrogens with one attached hydrogen (secondary N) is 2. The van der Waals surface area contributed by atoms with Gasteiger partial charge in [-0.1, -0.05) is 36.4 Å². The van der Waals surface area contributed by atoms with Gasteiger partial charge in [-0.05, 0) is 67.6 Å². The number of aromatic nitrogens is 2. The minimum atomic E-state index is -3.69. The van der Waals surface area contributed by atoms with Gasteiger partial charge in [0.25, 0.3) is 10.0 Å². The number of nitrogens with zero attached hydrogens (tertiary/aromatic N) is 2. The maximum Gasteiger partial charge on any atom is 0.263 e. The first-order chi connectivity index (χ1) is 13.4.